The number of aromatic nitrogens is 2. The number of hydrogen-bond donors (Lipinski definition) is 2. The van der Waals surface area contributed by atoms with Gasteiger partial charge in [0.25, 0.3) is 10.0 Å². The number of amides is 1. The smallest absolute Gasteiger partial charge is 0.321 e. The van der Waals surface area contributed by atoms with Gasteiger partial charge < -0.3 is 14.8 Å². The highest BCUT2D eigenvalue weighted by atomic mass is 32.2. The van der Waals surface area contributed by atoms with Crippen LogP contribution in [-0.2, 0) is 14.8 Å². The topological polar surface area (TPSA) is 120 Å². The molecule has 0 radical (unpaired) electrons. The molecule has 1 heterocycles. The molecule has 0 aliphatic heterocycles. The molecule has 1 aromatic heterocycles. The second kappa shape index (κ2) is 9.88. The molecular weight excluding hydrogens is 439 g/mol. The summed E-state index contributed by atoms with van der Waals surface area (Å²) in [7, 11) is -1.25. The molecule has 32 heavy (non-hydrogen) atoms. The van der Waals surface area contributed by atoms with Crippen molar-refractivity contribution in [2.75, 3.05) is 24.3 Å². The van der Waals surface area contributed by atoms with Crippen LogP contribution in [0.5, 0.6) is 11.9 Å². The van der Waals surface area contributed by atoms with Gasteiger partial charge in [-0.15, -0.1) is 0 Å². The number of rotatable bonds is 8. The van der Waals surface area contributed by atoms with E-state index in [1.165, 1.54) is 81.0 Å². The van der Waals surface area contributed by atoms with Gasteiger partial charge in [-0.2, -0.15) is 9.97 Å². The van der Waals surface area contributed by atoms with E-state index in [4.69, 9.17) is 9.47 Å². The fourth-order valence-corrected chi connectivity index (χ4v) is 3.49. The van der Waals surface area contributed by atoms with Crippen molar-refractivity contribution in [2.24, 2.45) is 0 Å². The molecule has 0 bridgehead atoms. The average molecular weight is 458 g/mol. The van der Waals surface area contributed by atoms with E-state index in [2.05, 4.69) is 20.0 Å². The van der Waals surface area contributed by atoms with Crippen molar-refractivity contribution in [3.63, 3.8) is 0 Å². The van der Waals surface area contributed by atoms with Crippen LogP contribution < -0.4 is 19.5 Å². The Hall–Kier alpha value is -3.99. The predicted molar refractivity (Wildman–Crippen MR) is 116 cm³/mol. The lowest BCUT2D eigenvalue weighted by Crippen LogP contribution is -2.15. The van der Waals surface area contributed by atoms with E-state index in [1.54, 1.807) is 0 Å². The zero-order chi connectivity index (χ0) is 23.1. The zero-order valence-corrected chi connectivity index (χ0v) is 17.9. The van der Waals surface area contributed by atoms with Gasteiger partial charge in [0.2, 0.25) is 11.8 Å². The van der Waals surface area contributed by atoms with Gasteiger partial charge in [-0.1, -0.05) is 12.1 Å². The first-order chi connectivity index (χ1) is 15.3. The van der Waals surface area contributed by atoms with Crippen molar-refractivity contribution in [3.8, 4) is 11.9 Å². The zero-order valence-electron chi connectivity index (χ0n) is 17.1. The van der Waals surface area contributed by atoms with Crippen LogP contribution in [0.2, 0.25) is 0 Å². The highest BCUT2D eigenvalue weighted by Crippen LogP contribution is 2.21. The largest absolute Gasteiger partial charge is 0.481 e. The molecule has 1 amide bonds. The number of hydrogen-bond acceptors (Lipinski definition) is 7. The summed E-state index contributed by atoms with van der Waals surface area (Å²) in [5, 5.41) is 2.61. The SMILES string of the molecule is COc1cc(NS(=O)(=O)c2ccc(NC(=O)C=Cc3ccc(F)cc3)cc2)nc(OC)n1. The average Bonchev–Trinajstić information content (AvgIpc) is 2.78. The quantitative estimate of drug-likeness (QED) is 0.498. The number of carbonyl (C=O) groups excluding carboxylic acids is 1. The number of ether oxygens (including phenoxy) is 2. The number of methoxy groups -OCH3 is 2. The summed E-state index contributed by atoms with van der Waals surface area (Å²) >= 11 is 0. The van der Waals surface area contributed by atoms with Gasteiger partial charge in [0.05, 0.1) is 19.1 Å². The number of sulfonamides is 1. The lowest BCUT2D eigenvalue weighted by atomic mass is 10.2. The molecule has 166 valence electrons. The highest BCUT2D eigenvalue weighted by molar-refractivity contribution is 7.92. The number of nitrogens with one attached hydrogen (secondary N) is 2. The van der Waals surface area contributed by atoms with Crippen LogP contribution >= 0.6 is 0 Å². The van der Waals surface area contributed by atoms with Crippen LogP contribution in [0.1, 0.15) is 5.56 Å². The summed E-state index contributed by atoms with van der Waals surface area (Å²) < 4.78 is 50.4. The number of carbonyl (C=O) groups is 1. The van der Waals surface area contributed by atoms with E-state index < -0.39 is 15.9 Å². The van der Waals surface area contributed by atoms with Crippen molar-refractivity contribution >= 4 is 33.5 Å². The molecule has 2 aromatic carbocycles. The summed E-state index contributed by atoms with van der Waals surface area (Å²) in [6.45, 7) is 0. The Morgan fingerprint density at radius 2 is 1.69 bits per heavy atom. The number of halogens is 1. The Balaban J connectivity index is 1.67. The third-order valence-corrected chi connectivity index (χ3v) is 5.41. The van der Waals surface area contributed by atoms with Crippen LogP contribution in [0.15, 0.2) is 65.6 Å². The lowest BCUT2D eigenvalue weighted by Gasteiger charge is -2.10. The van der Waals surface area contributed by atoms with Gasteiger partial charge in [0.15, 0.2) is 5.82 Å². The molecule has 0 aliphatic carbocycles. The molecule has 0 unspecified atom stereocenters. The molecule has 0 aliphatic rings. The van der Waals surface area contributed by atoms with Gasteiger partial charge in [-0.05, 0) is 48.0 Å². The predicted octanol–water partition coefficient (Wildman–Crippen LogP) is 3.09. The monoisotopic (exact) mass is 458 g/mol. The van der Waals surface area contributed by atoms with Crippen molar-refractivity contribution in [3.05, 3.63) is 72.1 Å². The Bertz CT molecular complexity index is 1210. The van der Waals surface area contributed by atoms with E-state index in [-0.39, 0.29) is 28.4 Å². The van der Waals surface area contributed by atoms with Crippen molar-refractivity contribution in [2.45, 2.75) is 4.90 Å². The fourth-order valence-electron chi connectivity index (χ4n) is 2.50. The van der Waals surface area contributed by atoms with Gasteiger partial charge in [0.1, 0.15) is 5.82 Å². The molecule has 3 aromatic rings. The molecule has 2 N–H and O–H groups in total. The van der Waals surface area contributed by atoms with Crippen LogP contribution in [0.25, 0.3) is 6.08 Å². The Labute approximate surface area is 184 Å². The minimum Gasteiger partial charge on any atom is -0.481 e. The molecule has 9 nitrogen and oxygen atoms in total. The first kappa shape index (κ1) is 22.7. The number of nitrogens with zero attached hydrogens (tertiary/aromatic N) is 2. The van der Waals surface area contributed by atoms with E-state index in [9.17, 15) is 17.6 Å². The molecule has 11 heteroatoms. The third kappa shape index (κ3) is 6.01. The van der Waals surface area contributed by atoms with Gasteiger partial charge in [-0.25, -0.2) is 12.8 Å². The van der Waals surface area contributed by atoms with E-state index in [0.717, 1.165) is 0 Å². The lowest BCUT2D eigenvalue weighted by molar-refractivity contribution is -0.111. The first-order valence-electron chi connectivity index (χ1n) is 9.13. The molecule has 3 rings (SSSR count). The number of benzene rings is 2. The maximum Gasteiger partial charge on any atom is 0.321 e. The maximum absolute atomic E-state index is 12.9. The van der Waals surface area contributed by atoms with Crippen LogP contribution in [0, 0.1) is 5.82 Å². The summed E-state index contributed by atoms with van der Waals surface area (Å²) in [5.74, 6) is -0.698. The fraction of sp³-hybridized carbons (Fsp3) is 0.0952. The Morgan fingerprint density at radius 1 is 1.00 bits per heavy atom. The van der Waals surface area contributed by atoms with Crippen molar-refractivity contribution in [1.29, 1.82) is 0 Å². The molecule has 0 spiro atoms. The van der Waals surface area contributed by atoms with Gasteiger partial charge in [0, 0.05) is 17.8 Å². The maximum atomic E-state index is 12.9. The second-order valence-corrected chi connectivity index (χ2v) is 7.97. The first-order valence-corrected chi connectivity index (χ1v) is 10.6. The minimum atomic E-state index is -3.97. The van der Waals surface area contributed by atoms with Crippen LogP contribution in [-0.4, -0.2) is 38.5 Å². The Kier molecular flexibility index (Phi) is 7.00. The van der Waals surface area contributed by atoms with Gasteiger partial charge >= 0.3 is 6.01 Å². The Morgan fingerprint density at radius 3 is 2.31 bits per heavy atom. The summed E-state index contributed by atoms with van der Waals surface area (Å²) in [4.78, 5) is 19.8. The minimum absolute atomic E-state index is 0.0305. The third-order valence-electron chi connectivity index (χ3n) is 4.04. The van der Waals surface area contributed by atoms with Crippen molar-refractivity contribution < 1.29 is 27.1 Å². The summed E-state index contributed by atoms with van der Waals surface area (Å²) in [5.41, 5.74) is 1.05. The molecule has 0 saturated heterocycles. The molecule has 0 fully saturated rings. The normalized spacial score (nSPS) is 11.2. The summed E-state index contributed by atoms with van der Waals surface area (Å²) in [6.07, 6.45) is 2.82. The van der Waals surface area contributed by atoms with Crippen molar-refractivity contribution in [1.82, 2.24) is 9.97 Å². The highest BCUT2D eigenvalue weighted by Gasteiger charge is 2.17. The second-order valence-electron chi connectivity index (χ2n) is 6.29. The van der Waals surface area contributed by atoms with Crippen LogP contribution in [0.3, 0.4) is 0 Å². The standard InChI is InChI=1S/C21H19FN4O5S/c1-30-20-13-18(24-21(25-20)31-2)26-32(28,29)17-10-8-16(9-11-17)23-19(27)12-5-14-3-6-15(22)7-4-14/h3-13H,1-2H3,(H,23,27)(H,24,25,26). The van der Waals surface area contributed by atoms with Crippen LogP contribution in [0.4, 0.5) is 15.9 Å². The van der Waals surface area contributed by atoms with Gasteiger partial charge in [-0.3, -0.25) is 9.52 Å². The molecule has 0 atom stereocenters. The summed E-state index contributed by atoms with van der Waals surface area (Å²) in [6, 6.07) is 12.4. The molecular formula is C21H19FN4O5S. The van der Waals surface area contributed by atoms with E-state index in [0.29, 0.717) is 11.3 Å². The number of anilines is 2. The van der Waals surface area contributed by atoms with E-state index in [1.807, 2.05) is 0 Å². The van der Waals surface area contributed by atoms with E-state index >= 15 is 0 Å². The molecule has 0 saturated carbocycles.